The van der Waals surface area contributed by atoms with Crippen molar-refractivity contribution >= 4 is 0 Å². The SMILES string of the molecule is CC1CC(NC2CCC(O)CC2)C1. The zero-order valence-corrected chi connectivity index (χ0v) is 8.50. The first kappa shape index (κ1) is 9.47. The van der Waals surface area contributed by atoms with Crippen LogP contribution in [-0.2, 0) is 0 Å². The van der Waals surface area contributed by atoms with E-state index in [4.69, 9.17) is 0 Å². The van der Waals surface area contributed by atoms with Gasteiger partial charge >= 0.3 is 0 Å². The Labute approximate surface area is 80.7 Å². The predicted octanol–water partition coefficient (Wildman–Crippen LogP) is 1.68. The zero-order chi connectivity index (χ0) is 9.26. The minimum absolute atomic E-state index is 0.0154. The number of hydrogen-bond donors (Lipinski definition) is 2. The summed E-state index contributed by atoms with van der Waals surface area (Å²) in [7, 11) is 0. The van der Waals surface area contributed by atoms with E-state index < -0.39 is 0 Å². The Bertz CT molecular complexity index is 157. The number of aliphatic hydroxyl groups is 1. The Balaban J connectivity index is 1.65. The van der Waals surface area contributed by atoms with Crippen molar-refractivity contribution in [2.75, 3.05) is 0 Å². The molecule has 0 saturated heterocycles. The van der Waals surface area contributed by atoms with Gasteiger partial charge in [-0.25, -0.2) is 0 Å². The second kappa shape index (κ2) is 3.97. The predicted molar refractivity (Wildman–Crippen MR) is 53.6 cm³/mol. The Morgan fingerprint density at radius 1 is 1.00 bits per heavy atom. The lowest BCUT2D eigenvalue weighted by molar-refractivity contribution is 0.106. The quantitative estimate of drug-likeness (QED) is 0.682. The molecule has 2 nitrogen and oxygen atoms in total. The van der Waals surface area contributed by atoms with Gasteiger partial charge in [-0.1, -0.05) is 6.92 Å². The van der Waals surface area contributed by atoms with Crippen LogP contribution in [0.2, 0.25) is 0 Å². The van der Waals surface area contributed by atoms with Crippen molar-refractivity contribution in [3.05, 3.63) is 0 Å². The first-order valence-electron chi connectivity index (χ1n) is 5.68. The van der Waals surface area contributed by atoms with Crippen molar-refractivity contribution in [3.8, 4) is 0 Å². The fourth-order valence-corrected chi connectivity index (χ4v) is 2.61. The molecule has 76 valence electrons. The number of rotatable bonds is 2. The van der Waals surface area contributed by atoms with E-state index in [1.165, 1.54) is 25.7 Å². The van der Waals surface area contributed by atoms with Crippen LogP contribution in [0.25, 0.3) is 0 Å². The molecule has 0 atom stereocenters. The van der Waals surface area contributed by atoms with Crippen LogP contribution >= 0.6 is 0 Å². The molecule has 0 heterocycles. The maximum atomic E-state index is 9.35. The van der Waals surface area contributed by atoms with Crippen molar-refractivity contribution in [1.82, 2.24) is 5.32 Å². The molecule has 2 rings (SSSR count). The lowest BCUT2D eigenvalue weighted by Gasteiger charge is -2.38. The standard InChI is InChI=1S/C11H21NO/c1-8-6-10(7-8)12-9-2-4-11(13)5-3-9/h8-13H,2-7H2,1H3. The van der Waals surface area contributed by atoms with Gasteiger partial charge in [-0.2, -0.15) is 0 Å². The molecular weight excluding hydrogens is 162 g/mol. The average Bonchev–Trinajstić information content (AvgIpc) is 2.06. The first-order chi connectivity index (χ1) is 6.24. The van der Waals surface area contributed by atoms with E-state index in [0.717, 1.165) is 24.8 Å². The first-order valence-corrected chi connectivity index (χ1v) is 5.68. The summed E-state index contributed by atoms with van der Waals surface area (Å²) >= 11 is 0. The molecule has 0 bridgehead atoms. The lowest BCUT2D eigenvalue weighted by atomic mass is 9.80. The van der Waals surface area contributed by atoms with E-state index in [9.17, 15) is 5.11 Å². The Hall–Kier alpha value is -0.0800. The highest BCUT2D eigenvalue weighted by Gasteiger charge is 2.28. The third kappa shape index (κ3) is 2.44. The molecule has 13 heavy (non-hydrogen) atoms. The van der Waals surface area contributed by atoms with E-state index in [1.807, 2.05) is 0 Å². The summed E-state index contributed by atoms with van der Waals surface area (Å²) in [6.45, 7) is 2.32. The van der Waals surface area contributed by atoms with Gasteiger partial charge < -0.3 is 10.4 Å². The van der Waals surface area contributed by atoms with Crippen molar-refractivity contribution in [2.45, 2.75) is 63.6 Å². The van der Waals surface area contributed by atoms with Gasteiger partial charge in [0.2, 0.25) is 0 Å². The summed E-state index contributed by atoms with van der Waals surface area (Å²) in [5, 5.41) is 13.0. The molecule has 2 heteroatoms. The van der Waals surface area contributed by atoms with Gasteiger partial charge in [-0.15, -0.1) is 0 Å². The van der Waals surface area contributed by atoms with Gasteiger partial charge in [0.25, 0.3) is 0 Å². The normalized spacial score (nSPS) is 45.7. The van der Waals surface area contributed by atoms with Crippen molar-refractivity contribution < 1.29 is 5.11 Å². The van der Waals surface area contributed by atoms with E-state index in [0.29, 0.717) is 6.04 Å². The molecule has 0 unspecified atom stereocenters. The molecule has 0 amide bonds. The maximum absolute atomic E-state index is 9.35. The van der Waals surface area contributed by atoms with Gasteiger partial charge in [0.15, 0.2) is 0 Å². The maximum Gasteiger partial charge on any atom is 0.0541 e. The Morgan fingerprint density at radius 2 is 1.62 bits per heavy atom. The summed E-state index contributed by atoms with van der Waals surface area (Å²) in [4.78, 5) is 0. The second-order valence-electron chi connectivity index (χ2n) is 4.95. The van der Waals surface area contributed by atoms with Gasteiger partial charge in [0, 0.05) is 12.1 Å². The summed E-state index contributed by atoms with van der Waals surface area (Å²) in [6, 6.07) is 1.48. The second-order valence-corrected chi connectivity index (χ2v) is 4.95. The summed E-state index contributed by atoms with van der Waals surface area (Å²) in [5.41, 5.74) is 0. The molecule has 0 radical (unpaired) electrons. The highest BCUT2D eigenvalue weighted by molar-refractivity contribution is 4.87. The van der Waals surface area contributed by atoms with Gasteiger partial charge in [-0.3, -0.25) is 0 Å². The van der Waals surface area contributed by atoms with Crippen molar-refractivity contribution in [2.24, 2.45) is 5.92 Å². The topological polar surface area (TPSA) is 32.3 Å². The molecule has 0 aromatic rings. The summed E-state index contributed by atoms with van der Waals surface area (Å²) in [5.74, 6) is 0.937. The average molecular weight is 183 g/mol. The number of nitrogens with one attached hydrogen (secondary N) is 1. The summed E-state index contributed by atoms with van der Waals surface area (Å²) < 4.78 is 0. The molecule has 2 fully saturated rings. The fraction of sp³-hybridized carbons (Fsp3) is 1.00. The Morgan fingerprint density at radius 3 is 2.15 bits per heavy atom. The molecule has 2 N–H and O–H groups in total. The van der Waals surface area contributed by atoms with Crippen molar-refractivity contribution in [1.29, 1.82) is 0 Å². The molecule has 0 aromatic heterocycles. The molecule has 0 aromatic carbocycles. The van der Waals surface area contributed by atoms with Gasteiger partial charge in [0.1, 0.15) is 0 Å². The third-order valence-corrected chi connectivity index (χ3v) is 3.54. The molecule has 0 aliphatic heterocycles. The van der Waals surface area contributed by atoms with E-state index in [1.54, 1.807) is 0 Å². The van der Waals surface area contributed by atoms with Crippen LogP contribution < -0.4 is 5.32 Å². The van der Waals surface area contributed by atoms with E-state index in [-0.39, 0.29) is 6.10 Å². The summed E-state index contributed by atoms with van der Waals surface area (Å²) in [6.07, 6.45) is 7.05. The number of hydrogen-bond acceptors (Lipinski definition) is 2. The van der Waals surface area contributed by atoms with Crippen LogP contribution in [0, 0.1) is 5.92 Å². The molecule has 0 spiro atoms. The van der Waals surface area contributed by atoms with Crippen LogP contribution in [0.15, 0.2) is 0 Å². The van der Waals surface area contributed by atoms with Crippen LogP contribution in [0.1, 0.15) is 45.4 Å². The molecule has 2 saturated carbocycles. The van der Waals surface area contributed by atoms with Crippen LogP contribution in [-0.4, -0.2) is 23.3 Å². The zero-order valence-electron chi connectivity index (χ0n) is 8.50. The highest BCUT2D eigenvalue weighted by Crippen LogP contribution is 2.28. The van der Waals surface area contributed by atoms with Crippen LogP contribution in [0.5, 0.6) is 0 Å². The molecule has 2 aliphatic carbocycles. The molecule has 2 aliphatic rings. The monoisotopic (exact) mass is 183 g/mol. The fourth-order valence-electron chi connectivity index (χ4n) is 2.61. The highest BCUT2D eigenvalue weighted by atomic mass is 16.3. The minimum atomic E-state index is -0.0154. The smallest absolute Gasteiger partial charge is 0.0541 e. The van der Waals surface area contributed by atoms with Crippen LogP contribution in [0.3, 0.4) is 0 Å². The van der Waals surface area contributed by atoms with E-state index >= 15 is 0 Å². The van der Waals surface area contributed by atoms with Crippen molar-refractivity contribution in [3.63, 3.8) is 0 Å². The third-order valence-electron chi connectivity index (χ3n) is 3.54. The van der Waals surface area contributed by atoms with Crippen LogP contribution in [0.4, 0.5) is 0 Å². The minimum Gasteiger partial charge on any atom is -0.393 e. The van der Waals surface area contributed by atoms with Gasteiger partial charge in [0.05, 0.1) is 6.10 Å². The van der Waals surface area contributed by atoms with E-state index in [2.05, 4.69) is 12.2 Å². The Kier molecular flexibility index (Phi) is 2.89. The molecular formula is C11H21NO. The lowest BCUT2D eigenvalue weighted by Crippen LogP contribution is -2.47. The number of aliphatic hydroxyl groups excluding tert-OH is 1. The van der Waals surface area contributed by atoms with Gasteiger partial charge in [-0.05, 0) is 44.4 Å². The largest absolute Gasteiger partial charge is 0.393 e.